The van der Waals surface area contributed by atoms with E-state index in [1.807, 2.05) is 43.3 Å². The fourth-order valence-electron chi connectivity index (χ4n) is 3.47. The second-order valence-corrected chi connectivity index (χ2v) is 8.12. The third-order valence-corrected chi connectivity index (χ3v) is 5.37. The fourth-order valence-corrected chi connectivity index (χ4v) is 3.47. The highest BCUT2D eigenvalue weighted by Gasteiger charge is 2.21. The minimum absolute atomic E-state index is 0.0514. The van der Waals surface area contributed by atoms with E-state index in [0.717, 1.165) is 37.5 Å². The Hall–Kier alpha value is -2.41. The van der Waals surface area contributed by atoms with E-state index >= 15 is 0 Å². The van der Waals surface area contributed by atoms with Crippen LogP contribution < -0.4 is 10.1 Å². The normalized spacial score (nSPS) is 16.2. The van der Waals surface area contributed by atoms with Crippen LogP contribution in [0.4, 0.5) is 0 Å². The summed E-state index contributed by atoms with van der Waals surface area (Å²) in [6.45, 7) is 9.26. The molecule has 0 saturated carbocycles. The van der Waals surface area contributed by atoms with Gasteiger partial charge < -0.3 is 15.2 Å². The SMILES string of the molecule is Cc1ccc(CNC(=O)CN2CCN(C[C@@H](O)COc3ccc(C)cc3)CC2)cc1. The largest absolute Gasteiger partial charge is 0.491 e. The summed E-state index contributed by atoms with van der Waals surface area (Å²) in [5.74, 6) is 0.830. The summed E-state index contributed by atoms with van der Waals surface area (Å²) in [5.41, 5.74) is 3.51. The number of aliphatic hydroxyl groups excluding tert-OH is 1. The van der Waals surface area contributed by atoms with E-state index in [4.69, 9.17) is 4.74 Å². The smallest absolute Gasteiger partial charge is 0.234 e. The van der Waals surface area contributed by atoms with Crippen molar-refractivity contribution in [2.24, 2.45) is 0 Å². The van der Waals surface area contributed by atoms with Crippen molar-refractivity contribution in [1.82, 2.24) is 15.1 Å². The number of nitrogens with one attached hydrogen (secondary N) is 1. The van der Waals surface area contributed by atoms with Gasteiger partial charge in [-0.05, 0) is 31.5 Å². The maximum absolute atomic E-state index is 12.2. The number of ether oxygens (including phenoxy) is 1. The molecule has 2 aromatic carbocycles. The Labute approximate surface area is 179 Å². The summed E-state index contributed by atoms with van der Waals surface area (Å²) in [5, 5.41) is 13.3. The monoisotopic (exact) mass is 411 g/mol. The second kappa shape index (κ2) is 11.1. The molecule has 1 atom stereocenters. The topological polar surface area (TPSA) is 65.0 Å². The van der Waals surface area contributed by atoms with Gasteiger partial charge in [0.25, 0.3) is 0 Å². The molecule has 162 valence electrons. The number of hydrogen-bond acceptors (Lipinski definition) is 5. The van der Waals surface area contributed by atoms with Crippen molar-refractivity contribution in [3.8, 4) is 5.75 Å². The summed E-state index contributed by atoms with van der Waals surface area (Å²) in [6, 6.07) is 16.0. The third-order valence-electron chi connectivity index (χ3n) is 5.37. The molecule has 0 aromatic heterocycles. The van der Waals surface area contributed by atoms with Crippen LogP contribution in [0.5, 0.6) is 5.75 Å². The third kappa shape index (κ3) is 7.44. The first-order valence-electron chi connectivity index (χ1n) is 10.6. The highest BCUT2D eigenvalue weighted by molar-refractivity contribution is 5.78. The van der Waals surface area contributed by atoms with E-state index < -0.39 is 6.10 Å². The molecule has 1 amide bonds. The molecule has 2 N–H and O–H groups in total. The number of piperazine rings is 1. The van der Waals surface area contributed by atoms with Crippen molar-refractivity contribution >= 4 is 5.91 Å². The molecule has 1 fully saturated rings. The molecule has 0 unspecified atom stereocenters. The van der Waals surface area contributed by atoms with E-state index in [0.29, 0.717) is 19.6 Å². The van der Waals surface area contributed by atoms with E-state index in [9.17, 15) is 9.90 Å². The Morgan fingerprint density at radius 3 is 2.17 bits per heavy atom. The van der Waals surface area contributed by atoms with Gasteiger partial charge in [0.15, 0.2) is 0 Å². The van der Waals surface area contributed by atoms with Gasteiger partial charge >= 0.3 is 0 Å². The molecule has 1 heterocycles. The number of β-amino-alcohol motifs (C(OH)–C–C–N with tert-alkyl or cyclic N) is 1. The van der Waals surface area contributed by atoms with Crippen LogP contribution in [0.25, 0.3) is 0 Å². The van der Waals surface area contributed by atoms with E-state index in [-0.39, 0.29) is 12.5 Å². The summed E-state index contributed by atoms with van der Waals surface area (Å²) < 4.78 is 5.67. The molecule has 0 radical (unpaired) electrons. The number of carbonyl (C=O) groups is 1. The van der Waals surface area contributed by atoms with Gasteiger partial charge in [-0.1, -0.05) is 47.5 Å². The first-order valence-corrected chi connectivity index (χ1v) is 10.6. The number of hydrogen-bond donors (Lipinski definition) is 2. The fraction of sp³-hybridized carbons (Fsp3) is 0.458. The zero-order valence-electron chi connectivity index (χ0n) is 18.0. The number of carbonyl (C=O) groups excluding carboxylic acids is 1. The molecule has 1 aliphatic rings. The van der Waals surface area contributed by atoms with Crippen LogP contribution in [0.2, 0.25) is 0 Å². The van der Waals surface area contributed by atoms with Crippen LogP contribution in [0.1, 0.15) is 16.7 Å². The van der Waals surface area contributed by atoms with Gasteiger partial charge in [-0.25, -0.2) is 0 Å². The summed E-state index contributed by atoms with van der Waals surface area (Å²) in [7, 11) is 0. The lowest BCUT2D eigenvalue weighted by molar-refractivity contribution is -0.122. The Kier molecular flexibility index (Phi) is 8.25. The van der Waals surface area contributed by atoms with Crippen molar-refractivity contribution in [3.63, 3.8) is 0 Å². The number of amides is 1. The molecule has 2 aromatic rings. The minimum atomic E-state index is -0.532. The predicted octanol–water partition coefficient (Wildman–Crippen LogP) is 1.98. The Bertz CT molecular complexity index is 784. The molecular formula is C24H33N3O3. The van der Waals surface area contributed by atoms with Gasteiger partial charge in [0, 0.05) is 39.3 Å². The number of rotatable bonds is 9. The lowest BCUT2D eigenvalue weighted by Gasteiger charge is -2.35. The van der Waals surface area contributed by atoms with Crippen LogP contribution in [-0.4, -0.2) is 72.8 Å². The lowest BCUT2D eigenvalue weighted by Crippen LogP contribution is -2.51. The molecule has 0 bridgehead atoms. The van der Waals surface area contributed by atoms with Crippen LogP contribution in [0, 0.1) is 13.8 Å². The van der Waals surface area contributed by atoms with Crippen LogP contribution in [0.15, 0.2) is 48.5 Å². The van der Waals surface area contributed by atoms with Crippen LogP contribution in [0.3, 0.4) is 0 Å². The Morgan fingerprint density at radius 1 is 0.967 bits per heavy atom. The molecule has 30 heavy (non-hydrogen) atoms. The summed E-state index contributed by atoms with van der Waals surface area (Å²) >= 11 is 0. The first-order chi connectivity index (χ1) is 14.5. The van der Waals surface area contributed by atoms with E-state index in [1.54, 1.807) is 0 Å². The van der Waals surface area contributed by atoms with Gasteiger partial charge in [-0.15, -0.1) is 0 Å². The Morgan fingerprint density at radius 2 is 1.53 bits per heavy atom. The molecule has 0 aliphatic carbocycles. The number of aliphatic hydroxyl groups is 1. The highest BCUT2D eigenvalue weighted by atomic mass is 16.5. The number of nitrogens with zero attached hydrogens (tertiary/aromatic N) is 2. The quantitative estimate of drug-likeness (QED) is 0.661. The molecule has 1 aliphatic heterocycles. The lowest BCUT2D eigenvalue weighted by atomic mass is 10.1. The maximum Gasteiger partial charge on any atom is 0.234 e. The molecule has 6 nitrogen and oxygen atoms in total. The predicted molar refractivity (Wildman–Crippen MR) is 119 cm³/mol. The zero-order valence-corrected chi connectivity index (χ0v) is 18.0. The second-order valence-electron chi connectivity index (χ2n) is 8.12. The number of benzene rings is 2. The van der Waals surface area contributed by atoms with Crippen molar-refractivity contribution in [1.29, 1.82) is 0 Å². The maximum atomic E-state index is 12.2. The van der Waals surface area contributed by atoms with Crippen LogP contribution in [-0.2, 0) is 11.3 Å². The summed E-state index contributed by atoms with van der Waals surface area (Å²) in [6.07, 6.45) is -0.532. The van der Waals surface area contributed by atoms with Gasteiger partial charge in [0.2, 0.25) is 5.91 Å². The molecule has 6 heteroatoms. The van der Waals surface area contributed by atoms with Gasteiger partial charge in [-0.2, -0.15) is 0 Å². The van der Waals surface area contributed by atoms with Crippen molar-refractivity contribution in [3.05, 3.63) is 65.2 Å². The van der Waals surface area contributed by atoms with Crippen molar-refractivity contribution in [2.75, 3.05) is 45.9 Å². The van der Waals surface area contributed by atoms with Crippen molar-refractivity contribution in [2.45, 2.75) is 26.5 Å². The van der Waals surface area contributed by atoms with E-state index in [1.165, 1.54) is 11.1 Å². The average molecular weight is 412 g/mol. The molecule has 3 rings (SSSR count). The zero-order chi connectivity index (χ0) is 21.3. The minimum Gasteiger partial charge on any atom is -0.491 e. The van der Waals surface area contributed by atoms with Gasteiger partial charge in [-0.3, -0.25) is 14.6 Å². The average Bonchev–Trinajstić information content (AvgIpc) is 2.74. The molecular weight excluding hydrogens is 378 g/mol. The van der Waals surface area contributed by atoms with E-state index in [2.05, 4.69) is 34.2 Å². The molecule has 1 saturated heterocycles. The van der Waals surface area contributed by atoms with Crippen LogP contribution >= 0.6 is 0 Å². The highest BCUT2D eigenvalue weighted by Crippen LogP contribution is 2.12. The first kappa shape index (κ1) is 22.3. The van der Waals surface area contributed by atoms with Crippen molar-refractivity contribution < 1.29 is 14.6 Å². The Balaban J connectivity index is 1.30. The standard InChI is InChI=1S/C24H33N3O3/c1-19-3-7-21(8-4-19)15-25-24(29)17-27-13-11-26(12-14-27)16-22(28)18-30-23-9-5-20(2)6-10-23/h3-10,22,28H,11-18H2,1-2H3,(H,25,29)/t22-/m1/s1. The van der Waals surface area contributed by atoms with Gasteiger partial charge in [0.1, 0.15) is 18.5 Å². The summed E-state index contributed by atoms with van der Waals surface area (Å²) in [4.78, 5) is 16.6. The molecule has 0 spiro atoms. The number of aryl methyl sites for hydroxylation is 2. The van der Waals surface area contributed by atoms with Gasteiger partial charge in [0.05, 0.1) is 6.54 Å².